The van der Waals surface area contributed by atoms with Crippen LogP contribution >= 0.6 is 0 Å². The number of benzene rings is 1. The molecular weight excluding hydrogens is 240 g/mol. The standard InChI is InChI=1S/C15H18N2O2/c1-11-9-13(16)10-17-15(11)19-14-5-3-12(4-6-14)7-8-18-2/h3-6,9-10H,7-8,16H2,1-2H3. The van der Waals surface area contributed by atoms with Crippen LogP contribution in [0.25, 0.3) is 0 Å². The van der Waals surface area contributed by atoms with Crippen molar-refractivity contribution in [2.24, 2.45) is 0 Å². The number of hydrogen-bond donors (Lipinski definition) is 1. The Bertz CT molecular complexity index is 538. The van der Waals surface area contributed by atoms with Gasteiger partial charge in [-0.25, -0.2) is 4.98 Å². The van der Waals surface area contributed by atoms with E-state index in [9.17, 15) is 0 Å². The van der Waals surface area contributed by atoms with E-state index in [1.807, 2.05) is 37.3 Å². The first-order valence-corrected chi connectivity index (χ1v) is 6.17. The highest BCUT2D eigenvalue weighted by molar-refractivity contribution is 5.43. The summed E-state index contributed by atoms with van der Waals surface area (Å²) >= 11 is 0. The van der Waals surface area contributed by atoms with Crippen molar-refractivity contribution in [1.82, 2.24) is 4.98 Å². The number of aromatic nitrogens is 1. The van der Waals surface area contributed by atoms with Gasteiger partial charge in [0.15, 0.2) is 0 Å². The topological polar surface area (TPSA) is 57.4 Å². The molecule has 2 N–H and O–H groups in total. The lowest BCUT2D eigenvalue weighted by Gasteiger charge is -2.08. The minimum absolute atomic E-state index is 0.582. The molecule has 0 aliphatic rings. The van der Waals surface area contributed by atoms with Gasteiger partial charge in [0.1, 0.15) is 5.75 Å². The molecule has 0 saturated heterocycles. The van der Waals surface area contributed by atoms with Crippen LogP contribution in [0, 0.1) is 6.92 Å². The second kappa shape index (κ2) is 6.20. The Labute approximate surface area is 113 Å². The highest BCUT2D eigenvalue weighted by Crippen LogP contribution is 2.24. The predicted molar refractivity (Wildman–Crippen MR) is 75.5 cm³/mol. The number of aryl methyl sites for hydroxylation is 1. The van der Waals surface area contributed by atoms with Gasteiger partial charge in [0.25, 0.3) is 0 Å². The van der Waals surface area contributed by atoms with Gasteiger partial charge >= 0.3 is 0 Å². The van der Waals surface area contributed by atoms with Crippen LogP contribution in [0.2, 0.25) is 0 Å². The molecule has 2 aromatic rings. The van der Waals surface area contributed by atoms with Crippen LogP contribution in [0.4, 0.5) is 5.69 Å². The van der Waals surface area contributed by atoms with Crippen molar-refractivity contribution in [3.8, 4) is 11.6 Å². The summed E-state index contributed by atoms with van der Waals surface area (Å²) in [5.74, 6) is 1.35. The Morgan fingerprint density at radius 2 is 1.95 bits per heavy atom. The van der Waals surface area contributed by atoms with Crippen molar-refractivity contribution in [1.29, 1.82) is 0 Å². The number of rotatable bonds is 5. The molecule has 0 atom stereocenters. The normalized spacial score (nSPS) is 10.4. The lowest BCUT2D eigenvalue weighted by atomic mass is 10.1. The van der Waals surface area contributed by atoms with E-state index in [1.54, 1.807) is 13.3 Å². The minimum atomic E-state index is 0.582. The summed E-state index contributed by atoms with van der Waals surface area (Å²) in [6.45, 7) is 2.64. The number of ether oxygens (including phenoxy) is 2. The van der Waals surface area contributed by atoms with E-state index in [4.69, 9.17) is 15.2 Å². The molecule has 0 fully saturated rings. The van der Waals surface area contributed by atoms with Crippen molar-refractivity contribution in [3.63, 3.8) is 0 Å². The number of nitrogen functional groups attached to an aromatic ring is 1. The van der Waals surface area contributed by atoms with Gasteiger partial charge in [0.05, 0.1) is 18.5 Å². The summed E-state index contributed by atoms with van der Waals surface area (Å²) in [4.78, 5) is 4.18. The van der Waals surface area contributed by atoms with Crippen molar-refractivity contribution < 1.29 is 9.47 Å². The molecule has 0 amide bonds. The van der Waals surface area contributed by atoms with Crippen LogP contribution in [0.3, 0.4) is 0 Å². The summed E-state index contributed by atoms with van der Waals surface area (Å²) in [5, 5.41) is 0. The average molecular weight is 258 g/mol. The van der Waals surface area contributed by atoms with E-state index < -0.39 is 0 Å². The van der Waals surface area contributed by atoms with Crippen molar-refractivity contribution in [2.45, 2.75) is 13.3 Å². The van der Waals surface area contributed by atoms with E-state index >= 15 is 0 Å². The monoisotopic (exact) mass is 258 g/mol. The van der Waals surface area contributed by atoms with E-state index in [1.165, 1.54) is 5.56 Å². The molecular formula is C15H18N2O2. The maximum absolute atomic E-state index is 5.73. The largest absolute Gasteiger partial charge is 0.439 e. The lowest BCUT2D eigenvalue weighted by Crippen LogP contribution is -1.96. The Morgan fingerprint density at radius 3 is 2.58 bits per heavy atom. The SMILES string of the molecule is COCCc1ccc(Oc2ncc(N)cc2C)cc1. The highest BCUT2D eigenvalue weighted by atomic mass is 16.5. The fraction of sp³-hybridized carbons (Fsp3) is 0.267. The van der Waals surface area contributed by atoms with Gasteiger partial charge in [-0.2, -0.15) is 0 Å². The molecule has 0 aliphatic carbocycles. The quantitative estimate of drug-likeness (QED) is 0.895. The lowest BCUT2D eigenvalue weighted by molar-refractivity contribution is 0.202. The first-order chi connectivity index (χ1) is 9.19. The van der Waals surface area contributed by atoms with Gasteiger partial charge in [0.2, 0.25) is 5.88 Å². The smallest absolute Gasteiger partial charge is 0.222 e. The Kier molecular flexibility index (Phi) is 4.36. The Hall–Kier alpha value is -2.07. The fourth-order valence-corrected chi connectivity index (χ4v) is 1.75. The summed E-state index contributed by atoms with van der Waals surface area (Å²) in [6.07, 6.45) is 2.49. The Morgan fingerprint density at radius 1 is 1.21 bits per heavy atom. The average Bonchev–Trinajstić information content (AvgIpc) is 2.41. The number of pyridine rings is 1. The molecule has 1 heterocycles. The summed E-state index contributed by atoms with van der Waals surface area (Å²) in [5.41, 5.74) is 8.43. The molecule has 19 heavy (non-hydrogen) atoms. The number of anilines is 1. The third-order valence-electron chi connectivity index (χ3n) is 2.78. The molecule has 4 nitrogen and oxygen atoms in total. The molecule has 2 rings (SSSR count). The van der Waals surface area contributed by atoms with Crippen LogP contribution in [0.5, 0.6) is 11.6 Å². The molecule has 100 valence electrons. The number of methoxy groups -OCH3 is 1. The Balaban J connectivity index is 2.06. The van der Waals surface area contributed by atoms with Gasteiger partial charge in [-0.1, -0.05) is 12.1 Å². The third kappa shape index (κ3) is 3.69. The van der Waals surface area contributed by atoms with Gasteiger partial charge in [0, 0.05) is 12.7 Å². The van der Waals surface area contributed by atoms with Gasteiger partial charge < -0.3 is 15.2 Å². The molecule has 0 spiro atoms. The molecule has 0 bridgehead atoms. The van der Waals surface area contributed by atoms with E-state index in [2.05, 4.69) is 4.98 Å². The summed E-state index contributed by atoms with van der Waals surface area (Å²) in [7, 11) is 1.70. The number of hydrogen-bond acceptors (Lipinski definition) is 4. The maximum Gasteiger partial charge on any atom is 0.222 e. The molecule has 0 unspecified atom stereocenters. The maximum atomic E-state index is 5.73. The van der Waals surface area contributed by atoms with Gasteiger partial charge in [-0.05, 0) is 37.1 Å². The fourth-order valence-electron chi connectivity index (χ4n) is 1.75. The third-order valence-corrected chi connectivity index (χ3v) is 2.78. The first-order valence-electron chi connectivity index (χ1n) is 6.17. The molecule has 0 saturated carbocycles. The van der Waals surface area contributed by atoms with Crippen LogP contribution in [0.1, 0.15) is 11.1 Å². The first kappa shape index (κ1) is 13.4. The van der Waals surface area contributed by atoms with Crippen molar-refractivity contribution in [3.05, 3.63) is 47.7 Å². The molecule has 0 radical (unpaired) electrons. The van der Waals surface area contributed by atoms with E-state index in [-0.39, 0.29) is 0 Å². The van der Waals surface area contributed by atoms with Crippen LogP contribution < -0.4 is 10.5 Å². The van der Waals surface area contributed by atoms with Crippen molar-refractivity contribution >= 4 is 5.69 Å². The predicted octanol–water partition coefficient (Wildman–Crippen LogP) is 2.95. The molecule has 4 heteroatoms. The van der Waals surface area contributed by atoms with E-state index in [0.29, 0.717) is 11.6 Å². The van der Waals surface area contributed by atoms with Crippen molar-refractivity contribution in [2.75, 3.05) is 19.5 Å². The van der Waals surface area contributed by atoms with E-state index in [0.717, 1.165) is 24.3 Å². The zero-order valence-corrected chi connectivity index (χ0v) is 11.2. The molecule has 0 aliphatic heterocycles. The second-order valence-electron chi connectivity index (χ2n) is 4.38. The van der Waals surface area contributed by atoms with Gasteiger partial charge in [-0.3, -0.25) is 0 Å². The number of nitrogens with two attached hydrogens (primary N) is 1. The van der Waals surface area contributed by atoms with Crippen LogP contribution in [-0.4, -0.2) is 18.7 Å². The highest BCUT2D eigenvalue weighted by Gasteiger charge is 2.03. The molecule has 1 aromatic heterocycles. The molecule has 1 aromatic carbocycles. The zero-order valence-electron chi connectivity index (χ0n) is 11.2. The van der Waals surface area contributed by atoms with Crippen LogP contribution in [0.15, 0.2) is 36.5 Å². The second-order valence-corrected chi connectivity index (χ2v) is 4.38. The van der Waals surface area contributed by atoms with Gasteiger partial charge in [-0.15, -0.1) is 0 Å². The van der Waals surface area contributed by atoms with Crippen LogP contribution in [-0.2, 0) is 11.2 Å². The number of nitrogens with zero attached hydrogens (tertiary/aromatic N) is 1. The summed E-state index contributed by atoms with van der Waals surface area (Å²) in [6, 6.07) is 9.77. The zero-order chi connectivity index (χ0) is 13.7. The minimum Gasteiger partial charge on any atom is -0.439 e. The summed E-state index contributed by atoms with van der Waals surface area (Å²) < 4.78 is 10.8.